The highest BCUT2D eigenvalue weighted by Crippen LogP contribution is 2.54. The van der Waals surface area contributed by atoms with Crippen molar-refractivity contribution < 1.29 is 110 Å². The Kier molecular flexibility index (Phi) is 18.7. The number of halogens is 12. The molecule has 12 nitrogen and oxygen atoms in total. The summed E-state index contributed by atoms with van der Waals surface area (Å²) in [5.41, 5.74) is -5.38. The van der Waals surface area contributed by atoms with Crippen molar-refractivity contribution in [1.82, 2.24) is 0 Å². The normalized spacial score (nSPS) is 13.1. The Bertz CT molecular complexity index is 1190. The smallest absolute Gasteiger partial charge is 0.378 e. The molecule has 0 heterocycles. The third kappa shape index (κ3) is 17.5. The highest BCUT2D eigenvalue weighted by atomic mass is 19.3. The molecule has 0 aromatic carbocycles. The third-order valence-corrected chi connectivity index (χ3v) is 5.79. The van der Waals surface area contributed by atoms with E-state index in [9.17, 15) is 54.3 Å². The van der Waals surface area contributed by atoms with Crippen LogP contribution in [0.1, 0.15) is 12.8 Å². The van der Waals surface area contributed by atoms with Crippen molar-refractivity contribution in [2.45, 2.75) is 49.1 Å². The van der Waals surface area contributed by atoms with Gasteiger partial charge < -0.3 is 28.4 Å². The zero-order chi connectivity index (χ0) is 41.4. The SMILES string of the molecule is C=CC(=O)OCCC(F)(F)OC(F)(F)C(COCC(F)(F)COC(=O)C=C)(COCC(F)(F)COC(=O)C=C)C(F)(F)OC(F)(F)CCOC(=O)C=C. The minimum absolute atomic E-state index is 0.375. The fraction of sp³-hybridized carbons (Fsp3) is 0.586. The van der Waals surface area contributed by atoms with Crippen LogP contribution in [0.25, 0.3) is 0 Å². The minimum atomic E-state index is -6.40. The van der Waals surface area contributed by atoms with E-state index in [-0.39, 0.29) is 0 Å². The summed E-state index contributed by atoms with van der Waals surface area (Å²) in [4.78, 5) is 44.5. The van der Waals surface area contributed by atoms with Gasteiger partial charge in [-0.1, -0.05) is 26.3 Å². The van der Waals surface area contributed by atoms with Crippen molar-refractivity contribution in [2.24, 2.45) is 5.41 Å². The van der Waals surface area contributed by atoms with Crippen molar-refractivity contribution in [3.63, 3.8) is 0 Å². The maximum Gasteiger partial charge on any atom is 0.378 e. The topological polar surface area (TPSA) is 142 Å². The zero-order valence-corrected chi connectivity index (χ0v) is 27.1. The molecule has 0 aliphatic rings. The molecule has 0 N–H and O–H groups in total. The predicted octanol–water partition coefficient (Wildman–Crippen LogP) is 5.38. The zero-order valence-electron chi connectivity index (χ0n) is 27.1. The van der Waals surface area contributed by atoms with Gasteiger partial charge in [0.15, 0.2) is 18.6 Å². The molecule has 0 bridgehead atoms. The van der Waals surface area contributed by atoms with Gasteiger partial charge in [-0.15, -0.1) is 0 Å². The molecule has 0 aromatic heterocycles. The van der Waals surface area contributed by atoms with Crippen molar-refractivity contribution in [1.29, 1.82) is 0 Å². The van der Waals surface area contributed by atoms with Gasteiger partial charge >= 0.3 is 60.2 Å². The van der Waals surface area contributed by atoms with Crippen molar-refractivity contribution >= 4 is 23.9 Å². The molecule has 0 radical (unpaired) electrons. The number of hydrogen-bond donors (Lipinski definition) is 0. The molecule has 0 saturated heterocycles. The fourth-order valence-corrected chi connectivity index (χ4v) is 3.18. The van der Waals surface area contributed by atoms with E-state index in [1.807, 2.05) is 0 Å². The first-order valence-corrected chi connectivity index (χ1v) is 14.1. The van der Waals surface area contributed by atoms with Crippen LogP contribution >= 0.6 is 0 Å². The number of esters is 4. The molecular weight excluding hydrogens is 768 g/mol. The molecule has 0 atom stereocenters. The summed E-state index contributed by atoms with van der Waals surface area (Å²) in [7, 11) is 0. The van der Waals surface area contributed by atoms with Crippen LogP contribution in [0.4, 0.5) is 52.7 Å². The van der Waals surface area contributed by atoms with Crippen LogP contribution in [-0.4, -0.2) is 113 Å². The Balaban J connectivity index is 7.05. The van der Waals surface area contributed by atoms with Crippen LogP contribution in [0.5, 0.6) is 0 Å². The molecule has 0 rings (SSSR count). The highest BCUT2D eigenvalue weighted by molar-refractivity contribution is 5.82. The Morgan fingerprint density at radius 3 is 1.00 bits per heavy atom. The first-order valence-electron chi connectivity index (χ1n) is 14.1. The van der Waals surface area contributed by atoms with E-state index in [4.69, 9.17) is 0 Å². The molecule has 304 valence electrons. The Labute approximate surface area is 292 Å². The first-order chi connectivity index (χ1) is 24.1. The van der Waals surface area contributed by atoms with Gasteiger partial charge in [-0.2, -0.15) is 35.1 Å². The number of rotatable bonds is 28. The summed E-state index contributed by atoms with van der Waals surface area (Å²) in [5.74, 6) is -14.8. The molecular formula is C29H32F12O12. The molecule has 0 fully saturated rings. The average molecular weight is 801 g/mol. The number of ether oxygens (including phenoxy) is 8. The van der Waals surface area contributed by atoms with Gasteiger partial charge in [-0.25, -0.2) is 36.7 Å². The monoisotopic (exact) mass is 800 g/mol. The standard InChI is InChI=1S/C29H32F12O12/c1-5-19(42)48-11-9-26(34,35)52-28(38,39)23(13-46-15-24(30,31)17-50-21(44)7-3,14-47-16-25(32,33)18-51-22(45)8-4)29(40,41)53-27(36,37)10-12-49-20(43)6-2/h5-8H,1-4,9-18H2. The molecule has 0 aliphatic heterocycles. The van der Waals surface area contributed by atoms with E-state index >= 15 is 17.6 Å². The summed E-state index contributed by atoms with van der Waals surface area (Å²) >= 11 is 0. The predicted molar refractivity (Wildman–Crippen MR) is 150 cm³/mol. The van der Waals surface area contributed by atoms with Gasteiger partial charge in [-0.3, -0.25) is 9.47 Å². The van der Waals surface area contributed by atoms with E-state index < -0.39 is 131 Å². The van der Waals surface area contributed by atoms with Crippen LogP contribution in [-0.2, 0) is 57.1 Å². The van der Waals surface area contributed by atoms with Gasteiger partial charge in [0.2, 0.25) is 0 Å². The molecule has 0 spiro atoms. The van der Waals surface area contributed by atoms with Gasteiger partial charge in [0.25, 0.3) is 0 Å². The third-order valence-electron chi connectivity index (χ3n) is 5.79. The average Bonchev–Trinajstić information content (AvgIpc) is 3.03. The second-order valence-electron chi connectivity index (χ2n) is 10.2. The Hall–Kier alpha value is -4.16. The lowest BCUT2D eigenvalue weighted by Gasteiger charge is -2.44. The molecule has 0 aromatic rings. The van der Waals surface area contributed by atoms with Crippen LogP contribution in [0, 0.1) is 5.41 Å². The van der Waals surface area contributed by atoms with Crippen molar-refractivity contribution in [2.75, 3.05) is 52.9 Å². The Morgan fingerprint density at radius 1 is 0.434 bits per heavy atom. The largest absolute Gasteiger partial charge is 0.462 e. The lowest BCUT2D eigenvalue weighted by molar-refractivity contribution is -0.497. The number of alkyl halides is 12. The highest BCUT2D eigenvalue weighted by Gasteiger charge is 2.75. The molecule has 0 unspecified atom stereocenters. The second-order valence-corrected chi connectivity index (χ2v) is 10.2. The van der Waals surface area contributed by atoms with Crippen LogP contribution in [0.15, 0.2) is 50.6 Å². The van der Waals surface area contributed by atoms with E-state index in [1.165, 1.54) is 0 Å². The minimum Gasteiger partial charge on any atom is -0.462 e. The number of hydrogen-bond acceptors (Lipinski definition) is 12. The van der Waals surface area contributed by atoms with E-state index in [2.05, 4.69) is 64.2 Å². The number of carbonyl (C=O) groups is 4. The lowest BCUT2D eigenvalue weighted by Crippen LogP contribution is -2.64. The fourth-order valence-electron chi connectivity index (χ4n) is 3.18. The molecule has 0 amide bonds. The summed E-state index contributed by atoms with van der Waals surface area (Å²) in [5, 5.41) is 0. The quantitative estimate of drug-likeness (QED) is 0.0434. The van der Waals surface area contributed by atoms with E-state index in [1.54, 1.807) is 0 Å². The van der Waals surface area contributed by atoms with Gasteiger partial charge in [0.1, 0.15) is 13.2 Å². The maximum atomic E-state index is 15.8. The van der Waals surface area contributed by atoms with Gasteiger partial charge in [0.05, 0.1) is 39.3 Å². The number of carbonyl (C=O) groups excluding carboxylic acids is 4. The second kappa shape index (κ2) is 20.3. The molecule has 0 saturated carbocycles. The van der Waals surface area contributed by atoms with E-state index in [0.29, 0.717) is 24.3 Å². The summed E-state index contributed by atoms with van der Waals surface area (Å²) in [6, 6.07) is 0. The maximum absolute atomic E-state index is 15.8. The summed E-state index contributed by atoms with van der Waals surface area (Å²) < 4.78 is 210. The summed E-state index contributed by atoms with van der Waals surface area (Å²) in [6.45, 7) is -5.67. The molecule has 53 heavy (non-hydrogen) atoms. The van der Waals surface area contributed by atoms with Gasteiger partial charge in [-0.05, 0) is 0 Å². The van der Waals surface area contributed by atoms with Crippen LogP contribution in [0.3, 0.4) is 0 Å². The van der Waals surface area contributed by atoms with Crippen LogP contribution < -0.4 is 0 Å². The van der Waals surface area contributed by atoms with Crippen molar-refractivity contribution in [3.8, 4) is 0 Å². The molecule has 0 aliphatic carbocycles. The lowest BCUT2D eigenvalue weighted by atomic mass is 9.86. The summed E-state index contributed by atoms with van der Waals surface area (Å²) in [6.07, 6.45) is -26.2. The van der Waals surface area contributed by atoms with Crippen LogP contribution in [0.2, 0.25) is 0 Å². The van der Waals surface area contributed by atoms with E-state index in [0.717, 1.165) is 0 Å². The first kappa shape index (κ1) is 48.8. The van der Waals surface area contributed by atoms with Crippen molar-refractivity contribution in [3.05, 3.63) is 50.6 Å². The molecule has 24 heteroatoms. The van der Waals surface area contributed by atoms with Gasteiger partial charge in [0, 0.05) is 24.3 Å². The Morgan fingerprint density at radius 2 is 0.717 bits per heavy atom.